The Hall–Kier alpha value is -1.26. The van der Waals surface area contributed by atoms with Crippen molar-refractivity contribution in [2.24, 2.45) is 22.2 Å². The third-order valence-electron chi connectivity index (χ3n) is 3.54. The standard InChI is InChI=1S/C11H21N3O2/c1-3-8(9(12)14-16)10(15)13-7-11(4-2)5-6-11/h8,16H,3-7H2,1-2H3,(H2,12,14)(H,13,15). The van der Waals surface area contributed by atoms with Crippen molar-refractivity contribution in [2.75, 3.05) is 6.54 Å². The Balaban J connectivity index is 2.44. The number of hydrogen-bond acceptors (Lipinski definition) is 3. The molecule has 1 aliphatic carbocycles. The molecule has 16 heavy (non-hydrogen) atoms. The smallest absolute Gasteiger partial charge is 0.230 e. The summed E-state index contributed by atoms with van der Waals surface area (Å²) in [6, 6.07) is 0. The Bertz CT molecular complexity index is 285. The number of nitrogens with one attached hydrogen (secondary N) is 1. The van der Waals surface area contributed by atoms with Crippen molar-refractivity contribution in [1.82, 2.24) is 5.32 Å². The lowest BCUT2D eigenvalue weighted by Gasteiger charge is -2.17. The molecule has 0 aromatic carbocycles. The van der Waals surface area contributed by atoms with Crippen molar-refractivity contribution in [3.63, 3.8) is 0 Å². The van der Waals surface area contributed by atoms with Gasteiger partial charge in [-0.25, -0.2) is 0 Å². The fourth-order valence-electron chi connectivity index (χ4n) is 1.83. The quantitative estimate of drug-likeness (QED) is 0.274. The molecular weight excluding hydrogens is 206 g/mol. The second-order valence-electron chi connectivity index (χ2n) is 4.56. The van der Waals surface area contributed by atoms with Gasteiger partial charge in [0.05, 0.1) is 5.92 Å². The highest BCUT2D eigenvalue weighted by Gasteiger charge is 2.41. The summed E-state index contributed by atoms with van der Waals surface area (Å²) in [6.07, 6.45) is 4.00. The van der Waals surface area contributed by atoms with Gasteiger partial charge < -0.3 is 16.3 Å². The lowest BCUT2D eigenvalue weighted by atomic mass is 10.0. The van der Waals surface area contributed by atoms with E-state index < -0.39 is 5.92 Å². The van der Waals surface area contributed by atoms with Crippen LogP contribution in [0.1, 0.15) is 39.5 Å². The second kappa shape index (κ2) is 5.18. The number of carbonyl (C=O) groups excluding carboxylic acids is 1. The van der Waals surface area contributed by atoms with Gasteiger partial charge in [0.25, 0.3) is 0 Å². The maximum atomic E-state index is 11.8. The van der Waals surface area contributed by atoms with E-state index in [9.17, 15) is 4.79 Å². The molecule has 0 heterocycles. The van der Waals surface area contributed by atoms with Gasteiger partial charge in [-0.05, 0) is 31.1 Å². The van der Waals surface area contributed by atoms with Crippen LogP contribution in [-0.2, 0) is 4.79 Å². The van der Waals surface area contributed by atoms with Crippen LogP contribution >= 0.6 is 0 Å². The summed E-state index contributed by atoms with van der Waals surface area (Å²) in [5.41, 5.74) is 5.77. The van der Waals surface area contributed by atoms with Gasteiger partial charge in [-0.1, -0.05) is 19.0 Å². The Morgan fingerprint density at radius 1 is 1.56 bits per heavy atom. The minimum Gasteiger partial charge on any atom is -0.409 e. The summed E-state index contributed by atoms with van der Waals surface area (Å²) in [6.45, 7) is 4.69. The molecule has 0 radical (unpaired) electrons. The SMILES string of the molecule is CCC(C(=O)NCC1(CC)CC1)C(N)=NO. The van der Waals surface area contributed by atoms with Crippen LogP contribution in [0, 0.1) is 11.3 Å². The highest BCUT2D eigenvalue weighted by Crippen LogP contribution is 2.47. The number of amidine groups is 1. The third kappa shape index (κ3) is 2.87. The summed E-state index contributed by atoms with van der Waals surface area (Å²) in [5, 5.41) is 14.3. The summed E-state index contributed by atoms with van der Waals surface area (Å²) in [7, 11) is 0. The van der Waals surface area contributed by atoms with E-state index in [4.69, 9.17) is 10.9 Å². The van der Waals surface area contributed by atoms with E-state index in [0.29, 0.717) is 18.4 Å². The van der Waals surface area contributed by atoms with E-state index in [-0.39, 0.29) is 11.7 Å². The monoisotopic (exact) mass is 227 g/mol. The van der Waals surface area contributed by atoms with Crippen molar-refractivity contribution in [3.8, 4) is 0 Å². The van der Waals surface area contributed by atoms with E-state index in [2.05, 4.69) is 17.4 Å². The van der Waals surface area contributed by atoms with E-state index in [1.54, 1.807) is 0 Å². The molecule has 5 heteroatoms. The second-order valence-corrected chi connectivity index (χ2v) is 4.56. The predicted molar refractivity (Wildman–Crippen MR) is 62.2 cm³/mol. The van der Waals surface area contributed by atoms with Gasteiger partial charge in [0.15, 0.2) is 5.84 Å². The summed E-state index contributed by atoms with van der Waals surface area (Å²) < 4.78 is 0. The van der Waals surface area contributed by atoms with Crippen LogP contribution < -0.4 is 11.1 Å². The maximum Gasteiger partial charge on any atom is 0.230 e. The van der Waals surface area contributed by atoms with Crippen LogP contribution in [-0.4, -0.2) is 23.5 Å². The van der Waals surface area contributed by atoms with Gasteiger partial charge in [0, 0.05) is 6.54 Å². The Morgan fingerprint density at radius 2 is 2.19 bits per heavy atom. The highest BCUT2D eigenvalue weighted by molar-refractivity contribution is 6.01. The van der Waals surface area contributed by atoms with Crippen LogP contribution in [0.25, 0.3) is 0 Å². The molecule has 1 atom stereocenters. The average Bonchev–Trinajstić information content (AvgIpc) is 3.07. The van der Waals surface area contributed by atoms with E-state index in [1.165, 1.54) is 12.8 Å². The lowest BCUT2D eigenvalue weighted by Crippen LogP contribution is -2.40. The molecule has 92 valence electrons. The van der Waals surface area contributed by atoms with E-state index in [0.717, 1.165) is 6.42 Å². The van der Waals surface area contributed by atoms with Gasteiger partial charge in [-0.3, -0.25) is 4.79 Å². The molecule has 0 spiro atoms. The van der Waals surface area contributed by atoms with Crippen LogP contribution in [0.3, 0.4) is 0 Å². The number of oxime groups is 1. The van der Waals surface area contributed by atoms with Crippen molar-refractivity contribution in [1.29, 1.82) is 0 Å². The normalized spacial score (nSPS) is 20.2. The minimum atomic E-state index is -0.516. The fraction of sp³-hybridized carbons (Fsp3) is 0.818. The first kappa shape index (κ1) is 12.8. The molecule has 0 bridgehead atoms. The molecule has 1 aliphatic rings. The molecule has 1 unspecified atom stereocenters. The zero-order chi connectivity index (χ0) is 12.2. The highest BCUT2D eigenvalue weighted by atomic mass is 16.4. The van der Waals surface area contributed by atoms with Crippen LogP contribution in [0.2, 0.25) is 0 Å². The maximum absolute atomic E-state index is 11.8. The molecule has 4 N–H and O–H groups in total. The van der Waals surface area contributed by atoms with Crippen LogP contribution in [0.4, 0.5) is 0 Å². The average molecular weight is 227 g/mol. The van der Waals surface area contributed by atoms with Gasteiger partial charge in [-0.15, -0.1) is 0 Å². The third-order valence-corrected chi connectivity index (χ3v) is 3.54. The Labute approximate surface area is 96.1 Å². The number of nitrogens with zero attached hydrogens (tertiary/aromatic N) is 1. The molecule has 1 saturated carbocycles. The first-order chi connectivity index (χ1) is 7.58. The van der Waals surface area contributed by atoms with E-state index in [1.807, 2.05) is 6.92 Å². The fourth-order valence-corrected chi connectivity index (χ4v) is 1.83. The zero-order valence-corrected chi connectivity index (χ0v) is 9.99. The molecule has 5 nitrogen and oxygen atoms in total. The molecule has 1 amide bonds. The molecular formula is C11H21N3O2. The summed E-state index contributed by atoms with van der Waals surface area (Å²) >= 11 is 0. The molecule has 0 saturated heterocycles. The van der Waals surface area contributed by atoms with Gasteiger partial charge in [0.1, 0.15) is 0 Å². The molecule has 1 fully saturated rings. The van der Waals surface area contributed by atoms with Crippen molar-refractivity contribution in [2.45, 2.75) is 39.5 Å². The lowest BCUT2D eigenvalue weighted by molar-refractivity contribution is -0.123. The number of hydrogen-bond donors (Lipinski definition) is 3. The number of rotatable bonds is 6. The van der Waals surface area contributed by atoms with Crippen molar-refractivity contribution in [3.05, 3.63) is 0 Å². The Kier molecular flexibility index (Phi) is 4.15. The number of nitrogens with two attached hydrogens (primary N) is 1. The van der Waals surface area contributed by atoms with Crippen LogP contribution in [0.15, 0.2) is 5.16 Å². The first-order valence-electron chi connectivity index (χ1n) is 5.83. The largest absolute Gasteiger partial charge is 0.409 e. The van der Waals surface area contributed by atoms with Crippen molar-refractivity contribution >= 4 is 11.7 Å². The minimum absolute atomic E-state index is 0.0126. The van der Waals surface area contributed by atoms with E-state index >= 15 is 0 Å². The predicted octanol–water partition coefficient (Wildman–Crippen LogP) is 1.07. The first-order valence-corrected chi connectivity index (χ1v) is 5.83. The summed E-state index contributed by atoms with van der Waals surface area (Å²) in [5.74, 6) is -0.670. The molecule has 0 aliphatic heterocycles. The summed E-state index contributed by atoms with van der Waals surface area (Å²) in [4.78, 5) is 11.8. The van der Waals surface area contributed by atoms with Crippen LogP contribution in [0.5, 0.6) is 0 Å². The van der Waals surface area contributed by atoms with Crippen molar-refractivity contribution < 1.29 is 10.0 Å². The van der Waals surface area contributed by atoms with Gasteiger partial charge >= 0.3 is 0 Å². The van der Waals surface area contributed by atoms with Gasteiger partial charge in [0.2, 0.25) is 5.91 Å². The molecule has 1 rings (SSSR count). The number of carbonyl (C=O) groups is 1. The van der Waals surface area contributed by atoms with Gasteiger partial charge in [-0.2, -0.15) is 0 Å². The molecule has 0 aromatic rings. The topological polar surface area (TPSA) is 87.7 Å². The Morgan fingerprint density at radius 3 is 2.56 bits per heavy atom. The molecule has 0 aromatic heterocycles. The number of amides is 1. The zero-order valence-electron chi connectivity index (χ0n) is 9.99.